The van der Waals surface area contributed by atoms with Crippen LogP contribution in [0.25, 0.3) is 22.1 Å². The number of carbonyl (C=O) groups excluding carboxylic acids is 2. The first-order valence-electron chi connectivity index (χ1n) is 12.9. The first-order valence-corrected chi connectivity index (χ1v) is 12.9. The van der Waals surface area contributed by atoms with Crippen LogP contribution in [0.15, 0.2) is 41.3 Å². The summed E-state index contributed by atoms with van der Waals surface area (Å²) in [6, 6.07) is 9.54. The topological polar surface area (TPSA) is 111 Å². The molecule has 4 aromatic rings. The van der Waals surface area contributed by atoms with Crippen molar-refractivity contribution in [1.82, 2.24) is 29.3 Å². The van der Waals surface area contributed by atoms with E-state index >= 15 is 0 Å². The lowest BCUT2D eigenvalue weighted by Gasteiger charge is -2.42. The Kier molecular flexibility index (Phi) is 6.83. The quantitative estimate of drug-likeness (QED) is 0.372. The third-order valence-corrected chi connectivity index (χ3v) is 6.93. The number of fused-ring (bicyclic) bond motifs is 3. The molecule has 1 aliphatic rings. The highest BCUT2D eigenvalue weighted by molar-refractivity contribution is 6.05. The van der Waals surface area contributed by atoms with Crippen LogP contribution in [0.4, 0.5) is 4.39 Å². The van der Waals surface area contributed by atoms with Crippen molar-refractivity contribution in [2.45, 2.75) is 52.5 Å². The summed E-state index contributed by atoms with van der Waals surface area (Å²) in [6.45, 7) is 5.80. The van der Waals surface area contributed by atoms with Crippen molar-refractivity contribution in [1.29, 1.82) is 0 Å². The van der Waals surface area contributed by atoms with Crippen molar-refractivity contribution in [3.63, 3.8) is 0 Å². The average molecular weight is 535 g/mol. The van der Waals surface area contributed by atoms with Crippen LogP contribution < -0.4 is 15.6 Å². The number of methoxy groups -OCH3 is 1. The Labute approximate surface area is 224 Å². The third-order valence-electron chi connectivity index (χ3n) is 6.93. The molecule has 0 atom stereocenters. The summed E-state index contributed by atoms with van der Waals surface area (Å²) in [4.78, 5) is 50.4. The fraction of sp³-hybridized carbons (Fsp3) is 0.393. The second kappa shape index (κ2) is 10.1. The Morgan fingerprint density at radius 2 is 1.90 bits per heavy atom. The van der Waals surface area contributed by atoms with Crippen LogP contribution in [0.3, 0.4) is 0 Å². The number of halogens is 1. The maximum atomic E-state index is 14.1. The van der Waals surface area contributed by atoms with E-state index in [1.54, 1.807) is 6.20 Å². The molecule has 0 unspecified atom stereocenters. The molecule has 1 saturated heterocycles. The molecule has 11 heteroatoms. The molecule has 0 bridgehead atoms. The molecule has 4 heterocycles. The van der Waals surface area contributed by atoms with E-state index < -0.39 is 23.0 Å². The minimum absolute atomic E-state index is 0.0501. The molecular formula is C28H31FN6O4. The largest absolute Gasteiger partial charge is 0.468 e. The molecule has 1 fully saturated rings. The summed E-state index contributed by atoms with van der Waals surface area (Å²) < 4.78 is 22.6. The number of rotatable bonds is 8. The average Bonchev–Trinajstić information content (AvgIpc) is 3.26. The van der Waals surface area contributed by atoms with E-state index in [0.29, 0.717) is 29.0 Å². The van der Waals surface area contributed by atoms with Gasteiger partial charge in [0.15, 0.2) is 0 Å². The number of pyridine rings is 2. The molecule has 0 radical (unpaired) electrons. The summed E-state index contributed by atoms with van der Waals surface area (Å²) in [6.07, 6.45) is 2.41. The van der Waals surface area contributed by atoms with Crippen molar-refractivity contribution in [2.75, 3.05) is 20.2 Å². The SMILES string of the molecule is CCCn1c(OC)nc2c3cc(C(=O)NCc4ccc(C)cc4)c(=O)n(CC(=O)N4CC(C)(F)C4)c3ncc21. The van der Waals surface area contributed by atoms with Gasteiger partial charge in [-0.3, -0.25) is 23.5 Å². The minimum Gasteiger partial charge on any atom is -0.468 e. The van der Waals surface area contributed by atoms with E-state index in [0.717, 1.165) is 17.5 Å². The van der Waals surface area contributed by atoms with E-state index in [1.807, 2.05) is 42.7 Å². The van der Waals surface area contributed by atoms with Gasteiger partial charge in [0.2, 0.25) is 5.91 Å². The number of hydrogen-bond donors (Lipinski definition) is 1. The number of carbonyl (C=O) groups is 2. The van der Waals surface area contributed by atoms with Crippen molar-refractivity contribution < 1.29 is 18.7 Å². The highest BCUT2D eigenvalue weighted by atomic mass is 19.1. The number of aromatic nitrogens is 4. The number of likely N-dealkylation sites (tertiary alicyclic amines) is 1. The number of ether oxygens (including phenoxy) is 1. The van der Waals surface area contributed by atoms with Gasteiger partial charge in [-0.05, 0) is 31.9 Å². The lowest BCUT2D eigenvalue weighted by molar-refractivity contribution is -0.144. The van der Waals surface area contributed by atoms with Gasteiger partial charge in [-0.1, -0.05) is 36.8 Å². The zero-order chi connectivity index (χ0) is 27.9. The summed E-state index contributed by atoms with van der Waals surface area (Å²) in [5.41, 5.74) is 1.11. The van der Waals surface area contributed by atoms with Crippen LogP contribution in [-0.4, -0.2) is 61.7 Å². The maximum absolute atomic E-state index is 14.1. The first kappa shape index (κ1) is 26.3. The summed E-state index contributed by atoms with van der Waals surface area (Å²) in [5, 5.41) is 3.24. The number of alkyl halides is 1. The van der Waals surface area contributed by atoms with Crippen LogP contribution >= 0.6 is 0 Å². The van der Waals surface area contributed by atoms with Gasteiger partial charge in [-0.2, -0.15) is 4.98 Å². The van der Waals surface area contributed by atoms with Crippen LogP contribution in [0.2, 0.25) is 0 Å². The van der Waals surface area contributed by atoms with Crippen molar-refractivity contribution in [3.8, 4) is 6.01 Å². The summed E-state index contributed by atoms with van der Waals surface area (Å²) >= 11 is 0. The van der Waals surface area contributed by atoms with E-state index in [-0.39, 0.29) is 37.4 Å². The molecule has 0 aliphatic carbocycles. The first-order chi connectivity index (χ1) is 18.6. The standard InChI is InChI=1S/C28H31FN6O4/c1-5-10-34-21-13-30-24-19(23(21)32-27(34)39-4)11-20(25(37)31-12-18-8-6-17(2)7-9-18)26(38)35(24)14-22(36)33-15-28(3,29)16-33/h6-9,11,13H,5,10,12,14-16H2,1-4H3,(H,31,37). The van der Waals surface area contributed by atoms with Gasteiger partial charge >= 0.3 is 0 Å². The molecular weight excluding hydrogens is 503 g/mol. The molecule has 0 saturated carbocycles. The molecule has 0 spiro atoms. The lowest BCUT2D eigenvalue weighted by atomic mass is 9.99. The molecule has 204 valence electrons. The molecule has 2 amide bonds. The second-order valence-corrected chi connectivity index (χ2v) is 10.3. The fourth-order valence-electron chi connectivity index (χ4n) is 4.92. The van der Waals surface area contributed by atoms with Gasteiger partial charge in [0.05, 0.1) is 31.9 Å². The van der Waals surface area contributed by atoms with Gasteiger partial charge in [-0.15, -0.1) is 0 Å². The monoisotopic (exact) mass is 534 g/mol. The van der Waals surface area contributed by atoms with Crippen molar-refractivity contribution >= 4 is 33.9 Å². The smallest absolute Gasteiger partial charge is 0.297 e. The van der Waals surface area contributed by atoms with Crippen LogP contribution in [0.5, 0.6) is 6.01 Å². The molecule has 1 aromatic carbocycles. The second-order valence-electron chi connectivity index (χ2n) is 10.3. The predicted molar refractivity (Wildman–Crippen MR) is 145 cm³/mol. The van der Waals surface area contributed by atoms with E-state index in [1.165, 1.54) is 29.6 Å². The van der Waals surface area contributed by atoms with Crippen LogP contribution in [-0.2, 0) is 24.4 Å². The Morgan fingerprint density at radius 3 is 2.54 bits per heavy atom. The number of imidazole rings is 1. The summed E-state index contributed by atoms with van der Waals surface area (Å²) in [7, 11) is 1.52. The zero-order valence-electron chi connectivity index (χ0n) is 22.5. The zero-order valence-corrected chi connectivity index (χ0v) is 22.5. The third kappa shape index (κ3) is 4.96. The van der Waals surface area contributed by atoms with Crippen molar-refractivity contribution in [2.24, 2.45) is 0 Å². The Hall–Kier alpha value is -4.28. The normalized spacial score (nSPS) is 14.4. The Morgan fingerprint density at radius 1 is 1.18 bits per heavy atom. The molecule has 10 nitrogen and oxygen atoms in total. The van der Waals surface area contributed by atoms with Gasteiger partial charge in [0, 0.05) is 18.5 Å². The van der Waals surface area contributed by atoms with Gasteiger partial charge in [0.1, 0.15) is 28.9 Å². The highest BCUT2D eigenvalue weighted by Gasteiger charge is 2.41. The van der Waals surface area contributed by atoms with Gasteiger partial charge < -0.3 is 15.0 Å². The Bertz CT molecular complexity index is 1630. The molecule has 1 aliphatic heterocycles. The van der Waals surface area contributed by atoms with Gasteiger partial charge in [0.25, 0.3) is 17.5 Å². The predicted octanol–water partition coefficient (Wildman–Crippen LogP) is 2.97. The number of nitrogens with one attached hydrogen (secondary N) is 1. The maximum Gasteiger partial charge on any atom is 0.297 e. The lowest BCUT2D eigenvalue weighted by Crippen LogP contribution is -2.60. The number of hydrogen-bond acceptors (Lipinski definition) is 6. The molecule has 3 aromatic heterocycles. The fourth-order valence-corrected chi connectivity index (χ4v) is 4.92. The molecule has 1 N–H and O–H groups in total. The Balaban J connectivity index is 1.60. The van der Waals surface area contributed by atoms with E-state index in [4.69, 9.17) is 4.74 Å². The van der Waals surface area contributed by atoms with Gasteiger partial charge in [-0.25, -0.2) is 9.37 Å². The summed E-state index contributed by atoms with van der Waals surface area (Å²) in [5.74, 6) is -1.01. The van der Waals surface area contributed by atoms with E-state index in [2.05, 4.69) is 15.3 Å². The number of benzene rings is 1. The van der Waals surface area contributed by atoms with Crippen LogP contribution in [0.1, 0.15) is 41.8 Å². The number of amides is 2. The molecule has 5 rings (SSSR count). The number of aryl methyl sites for hydroxylation is 2. The highest BCUT2D eigenvalue weighted by Crippen LogP contribution is 2.28. The van der Waals surface area contributed by atoms with E-state index in [9.17, 15) is 18.8 Å². The molecule has 39 heavy (non-hydrogen) atoms. The minimum atomic E-state index is -1.45. The van der Waals surface area contributed by atoms with Crippen LogP contribution in [0, 0.1) is 6.92 Å². The number of nitrogens with zero attached hydrogens (tertiary/aromatic N) is 5. The van der Waals surface area contributed by atoms with Crippen molar-refractivity contribution in [3.05, 3.63) is 63.6 Å².